The van der Waals surface area contributed by atoms with Crippen molar-refractivity contribution in [1.29, 1.82) is 0 Å². The van der Waals surface area contributed by atoms with Crippen LogP contribution in [0.3, 0.4) is 0 Å². The van der Waals surface area contributed by atoms with Crippen LogP contribution in [-0.4, -0.2) is 70.8 Å². The van der Waals surface area contributed by atoms with E-state index in [1.54, 1.807) is 0 Å². The first-order valence-electron chi connectivity index (χ1n) is 8.99. The smallest absolute Gasteiger partial charge is 0.274 e. The first kappa shape index (κ1) is 15.1. The largest absolute Gasteiger partial charge is 0.336 e. The maximum Gasteiger partial charge on any atom is 0.274 e. The molecule has 6 nitrogen and oxygen atoms in total. The van der Waals surface area contributed by atoms with Crippen LogP contribution in [0.2, 0.25) is 0 Å². The zero-order valence-electron chi connectivity index (χ0n) is 13.9. The van der Waals surface area contributed by atoms with E-state index in [-0.39, 0.29) is 5.91 Å². The molecule has 3 aliphatic rings. The average Bonchev–Trinajstić information content (AvgIpc) is 3.13. The number of likely N-dealkylation sites (N-methyl/N-ethyl adjacent to an activating group) is 1. The lowest BCUT2D eigenvalue weighted by Gasteiger charge is -2.25. The number of fused-ring (bicyclic) bond motifs is 2. The summed E-state index contributed by atoms with van der Waals surface area (Å²) in [7, 11) is 2.21. The normalized spacial score (nSPS) is 32.0. The zero-order chi connectivity index (χ0) is 15.8. The molecule has 3 fully saturated rings. The molecule has 1 amide bonds. The summed E-state index contributed by atoms with van der Waals surface area (Å²) in [6.07, 6.45) is 7.88. The Morgan fingerprint density at radius 3 is 2.91 bits per heavy atom. The van der Waals surface area contributed by atoms with Crippen molar-refractivity contribution in [2.75, 3.05) is 33.2 Å². The van der Waals surface area contributed by atoms with Crippen LogP contribution in [0.1, 0.15) is 48.6 Å². The fraction of sp³-hybridized carbons (Fsp3) is 0.765. The summed E-state index contributed by atoms with van der Waals surface area (Å²) in [5.41, 5.74) is 0.607. The highest BCUT2D eigenvalue weighted by atomic mass is 16.2. The Labute approximate surface area is 137 Å². The highest BCUT2D eigenvalue weighted by Crippen LogP contribution is 2.29. The molecule has 3 unspecified atom stereocenters. The maximum absolute atomic E-state index is 12.8. The molecule has 23 heavy (non-hydrogen) atoms. The van der Waals surface area contributed by atoms with Crippen LogP contribution in [0.15, 0.2) is 12.3 Å². The molecule has 3 saturated heterocycles. The van der Waals surface area contributed by atoms with Gasteiger partial charge in [0, 0.05) is 37.9 Å². The van der Waals surface area contributed by atoms with Gasteiger partial charge in [0.15, 0.2) is 0 Å². The summed E-state index contributed by atoms with van der Waals surface area (Å²) in [4.78, 5) is 17.3. The standard InChI is InChI=1S/C17H27N5O/c1-20-13-4-5-15(20)12-21(9-6-13)17(23)16-7-10-22(19-16)14-3-2-8-18-11-14/h7,10,13-15,18H,2-6,8-9,11-12H2,1H3. The molecular weight excluding hydrogens is 290 g/mol. The number of nitrogens with one attached hydrogen (secondary N) is 1. The van der Waals surface area contributed by atoms with Gasteiger partial charge < -0.3 is 10.2 Å². The van der Waals surface area contributed by atoms with Crippen molar-refractivity contribution >= 4 is 5.91 Å². The molecule has 4 heterocycles. The Morgan fingerprint density at radius 1 is 1.22 bits per heavy atom. The number of carbonyl (C=O) groups excluding carboxylic acids is 1. The van der Waals surface area contributed by atoms with E-state index in [9.17, 15) is 4.79 Å². The number of carbonyl (C=O) groups is 1. The highest BCUT2D eigenvalue weighted by Gasteiger charge is 2.36. The number of aromatic nitrogens is 2. The van der Waals surface area contributed by atoms with Crippen molar-refractivity contribution in [3.05, 3.63) is 18.0 Å². The van der Waals surface area contributed by atoms with Gasteiger partial charge in [-0.25, -0.2) is 0 Å². The lowest BCUT2D eigenvalue weighted by molar-refractivity contribution is 0.0733. The number of hydrogen-bond acceptors (Lipinski definition) is 4. The summed E-state index contributed by atoms with van der Waals surface area (Å²) in [5.74, 6) is 0.105. The van der Waals surface area contributed by atoms with Gasteiger partial charge >= 0.3 is 0 Å². The molecule has 1 N–H and O–H groups in total. The van der Waals surface area contributed by atoms with Crippen LogP contribution in [0.25, 0.3) is 0 Å². The van der Waals surface area contributed by atoms with E-state index >= 15 is 0 Å². The second kappa shape index (κ2) is 6.24. The van der Waals surface area contributed by atoms with Crippen LogP contribution in [0.5, 0.6) is 0 Å². The number of amides is 1. The van der Waals surface area contributed by atoms with E-state index in [4.69, 9.17) is 0 Å². The van der Waals surface area contributed by atoms with Gasteiger partial charge in [-0.1, -0.05) is 0 Å². The Bertz CT molecular complexity index is 565. The fourth-order valence-corrected chi connectivity index (χ4v) is 4.37. The number of hydrogen-bond donors (Lipinski definition) is 1. The molecule has 0 spiro atoms. The molecule has 3 atom stereocenters. The third-order valence-electron chi connectivity index (χ3n) is 5.91. The molecule has 0 aliphatic carbocycles. The number of likely N-dealkylation sites (tertiary alicyclic amines) is 1. The number of piperidine rings is 1. The molecular formula is C17H27N5O. The first-order valence-corrected chi connectivity index (χ1v) is 8.99. The molecule has 6 heteroatoms. The minimum atomic E-state index is 0.105. The lowest BCUT2D eigenvalue weighted by Crippen LogP contribution is -2.40. The molecule has 1 aromatic heterocycles. The Morgan fingerprint density at radius 2 is 2.09 bits per heavy atom. The van der Waals surface area contributed by atoms with E-state index in [1.165, 1.54) is 19.3 Å². The highest BCUT2D eigenvalue weighted by molar-refractivity contribution is 5.92. The summed E-state index contributed by atoms with van der Waals surface area (Å²) >= 11 is 0. The van der Waals surface area contributed by atoms with Crippen LogP contribution >= 0.6 is 0 Å². The van der Waals surface area contributed by atoms with Gasteiger partial charge in [0.25, 0.3) is 5.91 Å². The fourth-order valence-electron chi connectivity index (χ4n) is 4.37. The third kappa shape index (κ3) is 2.90. The Hall–Kier alpha value is -1.40. The van der Waals surface area contributed by atoms with Crippen LogP contribution in [0.4, 0.5) is 0 Å². The molecule has 0 saturated carbocycles. The monoisotopic (exact) mass is 317 g/mol. The van der Waals surface area contributed by atoms with Crippen LogP contribution in [-0.2, 0) is 0 Å². The predicted molar refractivity (Wildman–Crippen MR) is 88.5 cm³/mol. The first-order chi connectivity index (χ1) is 11.2. The van der Waals surface area contributed by atoms with Crippen LogP contribution in [0, 0.1) is 0 Å². The van der Waals surface area contributed by atoms with E-state index < -0.39 is 0 Å². The van der Waals surface area contributed by atoms with Gasteiger partial charge in [0.05, 0.1) is 6.04 Å². The maximum atomic E-state index is 12.8. The summed E-state index contributed by atoms with van der Waals surface area (Å²) in [6.45, 7) is 3.76. The van der Waals surface area contributed by atoms with Gasteiger partial charge in [-0.3, -0.25) is 14.4 Å². The second-order valence-electron chi connectivity index (χ2n) is 7.27. The Kier molecular flexibility index (Phi) is 4.11. The molecule has 126 valence electrons. The number of nitrogens with zero attached hydrogens (tertiary/aromatic N) is 4. The van der Waals surface area contributed by atoms with Crippen molar-refractivity contribution in [1.82, 2.24) is 24.9 Å². The second-order valence-corrected chi connectivity index (χ2v) is 7.27. The predicted octanol–water partition coefficient (Wildman–Crippen LogP) is 1.12. The van der Waals surface area contributed by atoms with Crippen molar-refractivity contribution < 1.29 is 4.79 Å². The lowest BCUT2D eigenvalue weighted by atomic mass is 10.1. The molecule has 4 rings (SSSR count). The average molecular weight is 317 g/mol. The van der Waals surface area contributed by atoms with Gasteiger partial charge in [-0.2, -0.15) is 5.10 Å². The van der Waals surface area contributed by atoms with Crippen molar-refractivity contribution in [2.24, 2.45) is 0 Å². The topological polar surface area (TPSA) is 53.4 Å². The van der Waals surface area contributed by atoms with E-state index in [0.717, 1.165) is 39.0 Å². The summed E-state index contributed by atoms with van der Waals surface area (Å²) < 4.78 is 1.98. The van der Waals surface area contributed by atoms with Crippen molar-refractivity contribution in [2.45, 2.75) is 50.2 Å². The third-order valence-corrected chi connectivity index (χ3v) is 5.91. The van der Waals surface area contributed by atoms with Crippen molar-refractivity contribution in [3.63, 3.8) is 0 Å². The van der Waals surface area contributed by atoms with Crippen LogP contribution < -0.4 is 5.32 Å². The minimum absolute atomic E-state index is 0.105. The van der Waals surface area contributed by atoms with Gasteiger partial charge in [0.2, 0.25) is 0 Å². The Balaban J connectivity index is 1.45. The van der Waals surface area contributed by atoms with Gasteiger partial charge in [-0.05, 0) is 51.8 Å². The minimum Gasteiger partial charge on any atom is -0.336 e. The zero-order valence-corrected chi connectivity index (χ0v) is 13.9. The molecule has 2 bridgehead atoms. The quantitative estimate of drug-likeness (QED) is 0.888. The molecule has 0 radical (unpaired) electrons. The van der Waals surface area contributed by atoms with E-state index in [2.05, 4.69) is 22.4 Å². The van der Waals surface area contributed by atoms with Gasteiger partial charge in [-0.15, -0.1) is 0 Å². The molecule has 1 aromatic rings. The summed E-state index contributed by atoms with van der Waals surface area (Å²) in [5, 5.41) is 8.00. The number of rotatable bonds is 2. The van der Waals surface area contributed by atoms with Crippen molar-refractivity contribution in [3.8, 4) is 0 Å². The van der Waals surface area contributed by atoms with E-state index in [0.29, 0.717) is 23.8 Å². The SMILES string of the molecule is CN1C2CCC1CN(C(=O)c1ccn(C3CCCNC3)n1)CC2. The molecule has 0 aromatic carbocycles. The van der Waals surface area contributed by atoms with Gasteiger partial charge in [0.1, 0.15) is 5.69 Å². The summed E-state index contributed by atoms with van der Waals surface area (Å²) in [6, 6.07) is 3.46. The van der Waals surface area contributed by atoms with E-state index in [1.807, 2.05) is 21.8 Å². The molecule has 3 aliphatic heterocycles.